The molecule has 2 aromatic rings. The molecule has 17 heavy (non-hydrogen) atoms. The lowest BCUT2D eigenvalue weighted by Crippen LogP contribution is -2.08. The van der Waals surface area contributed by atoms with Crippen molar-refractivity contribution in [3.8, 4) is 0 Å². The Labute approximate surface area is 114 Å². The highest BCUT2D eigenvalue weighted by molar-refractivity contribution is 8.00. The molecule has 90 valence electrons. The van der Waals surface area contributed by atoms with Crippen LogP contribution in [0.3, 0.4) is 0 Å². The molecule has 5 heteroatoms. The third-order valence-corrected chi connectivity index (χ3v) is 5.41. The van der Waals surface area contributed by atoms with Gasteiger partial charge in [0.05, 0.1) is 0 Å². The molecule has 0 atom stereocenters. The number of fused-ring (bicyclic) bond motifs is 1. The predicted octanol–water partition coefficient (Wildman–Crippen LogP) is 4.77. The predicted molar refractivity (Wildman–Crippen MR) is 75.2 cm³/mol. The number of rotatable bonds is 2. The first-order chi connectivity index (χ1) is 8.33. The Kier molecular flexibility index (Phi) is 3.54. The van der Waals surface area contributed by atoms with Crippen LogP contribution in [-0.2, 0) is 0 Å². The number of aromatic nitrogens is 2. The highest BCUT2D eigenvalue weighted by Crippen LogP contribution is 2.37. The van der Waals surface area contributed by atoms with E-state index in [0.717, 1.165) is 15.2 Å². The third-order valence-electron chi connectivity index (χ3n) is 3.09. The van der Waals surface area contributed by atoms with Crippen LogP contribution in [0, 0.1) is 0 Å². The van der Waals surface area contributed by atoms with Crippen molar-refractivity contribution < 1.29 is 0 Å². The van der Waals surface area contributed by atoms with Gasteiger partial charge < -0.3 is 0 Å². The van der Waals surface area contributed by atoms with Crippen LogP contribution in [0.4, 0.5) is 0 Å². The largest absolute Gasteiger partial charge is 0.224 e. The van der Waals surface area contributed by atoms with Gasteiger partial charge in [0.25, 0.3) is 0 Å². The van der Waals surface area contributed by atoms with Crippen LogP contribution in [0.5, 0.6) is 0 Å². The molecule has 0 unspecified atom stereocenters. The molecule has 0 radical (unpaired) electrons. The first-order valence-corrected chi connectivity index (χ1v) is 8.04. The molecule has 1 fully saturated rings. The first-order valence-electron chi connectivity index (χ1n) is 5.90. The normalized spacial score (nSPS) is 17.7. The second-order valence-corrected chi connectivity index (χ2v) is 6.84. The zero-order valence-corrected chi connectivity index (χ0v) is 11.7. The van der Waals surface area contributed by atoms with Crippen molar-refractivity contribution in [3.63, 3.8) is 0 Å². The Morgan fingerprint density at radius 2 is 2.06 bits per heavy atom. The van der Waals surface area contributed by atoms with Crippen LogP contribution >= 0.6 is 34.7 Å². The van der Waals surface area contributed by atoms with Crippen LogP contribution in [0.2, 0.25) is 5.28 Å². The summed E-state index contributed by atoms with van der Waals surface area (Å²) in [5, 5.41) is 5.36. The van der Waals surface area contributed by atoms with E-state index in [1.807, 2.05) is 11.8 Å². The number of hydrogen-bond donors (Lipinski definition) is 0. The molecule has 0 bridgehead atoms. The zero-order valence-electron chi connectivity index (χ0n) is 9.36. The van der Waals surface area contributed by atoms with Gasteiger partial charge in [0.15, 0.2) is 0 Å². The molecule has 0 spiro atoms. The lowest BCUT2D eigenvalue weighted by Gasteiger charge is -2.20. The van der Waals surface area contributed by atoms with Crippen molar-refractivity contribution in [2.45, 2.75) is 42.4 Å². The fraction of sp³-hybridized carbons (Fsp3) is 0.500. The molecule has 1 aliphatic carbocycles. The average molecular weight is 285 g/mol. The lowest BCUT2D eigenvalue weighted by atomic mass is 10.0. The highest BCUT2D eigenvalue weighted by atomic mass is 35.5. The summed E-state index contributed by atoms with van der Waals surface area (Å²) >= 11 is 9.48. The molecular formula is C12H13ClN2S2. The van der Waals surface area contributed by atoms with Gasteiger partial charge in [0.2, 0.25) is 5.28 Å². The zero-order chi connectivity index (χ0) is 11.7. The van der Waals surface area contributed by atoms with E-state index in [9.17, 15) is 0 Å². The van der Waals surface area contributed by atoms with E-state index < -0.39 is 0 Å². The van der Waals surface area contributed by atoms with Crippen LogP contribution in [-0.4, -0.2) is 15.2 Å². The maximum Gasteiger partial charge on any atom is 0.224 e. The number of thiophene rings is 1. The Morgan fingerprint density at radius 3 is 2.88 bits per heavy atom. The average Bonchev–Trinajstić information content (AvgIpc) is 2.78. The summed E-state index contributed by atoms with van der Waals surface area (Å²) in [5.74, 6) is 0. The maximum absolute atomic E-state index is 5.97. The van der Waals surface area contributed by atoms with Crippen LogP contribution < -0.4 is 0 Å². The first kappa shape index (κ1) is 11.8. The Hall–Kier alpha value is -0.320. The van der Waals surface area contributed by atoms with Gasteiger partial charge in [-0.15, -0.1) is 23.1 Å². The van der Waals surface area contributed by atoms with E-state index >= 15 is 0 Å². The smallest absolute Gasteiger partial charge is 0.211 e. The Morgan fingerprint density at radius 1 is 1.24 bits per heavy atom. The molecule has 2 nitrogen and oxygen atoms in total. The van der Waals surface area contributed by atoms with Crippen molar-refractivity contribution in [2.75, 3.05) is 0 Å². The Bertz CT molecular complexity index is 520. The monoisotopic (exact) mass is 284 g/mol. The summed E-state index contributed by atoms with van der Waals surface area (Å²) in [4.78, 5) is 9.64. The van der Waals surface area contributed by atoms with E-state index in [1.54, 1.807) is 11.3 Å². The van der Waals surface area contributed by atoms with Gasteiger partial charge in [-0.1, -0.05) is 19.3 Å². The van der Waals surface area contributed by atoms with E-state index in [2.05, 4.69) is 21.4 Å². The second kappa shape index (κ2) is 5.12. The quantitative estimate of drug-likeness (QED) is 0.587. The molecule has 2 heterocycles. The van der Waals surface area contributed by atoms with E-state index in [-0.39, 0.29) is 0 Å². The summed E-state index contributed by atoms with van der Waals surface area (Å²) in [6.07, 6.45) is 6.69. The van der Waals surface area contributed by atoms with Gasteiger partial charge >= 0.3 is 0 Å². The fourth-order valence-corrected chi connectivity index (χ4v) is 4.65. The van der Waals surface area contributed by atoms with E-state index in [4.69, 9.17) is 11.6 Å². The van der Waals surface area contributed by atoms with Gasteiger partial charge in [-0.3, -0.25) is 0 Å². The SMILES string of the molecule is Clc1nc(SC2CCCCC2)c2ccsc2n1. The number of halogens is 1. The summed E-state index contributed by atoms with van der Waals surface area (Å²) in [5.41, 5.74) is 0. The fourth-order valence-electron chi connectivity index (χ4n) is 2.23. The molecule has 0 N–H and O–H groups in total. The molecule has 0 saturated heterocycles. The molecule has 0 aliphatic heterocycles. The summed E-state index contributed by atoms with van der Waals surface area (Å²) in [6, 6.07) is 2.10. The molecule has 1 aliphatic rings. The van der Waals surface area contributed by atoms with Crippen molar-refractivity contribution in [3.05, 3.63) is 16.7 Å². The number of nitrogens with zero attached hydrogens (tertiary/aromatic N) is 2. The highest BCUT2D eigenvalue weighted by Gasteiger charge is 2.17. The standard InChI is InChI=1S/C12H13ClN2S2/c13-12-14-10-9(6-7-16-10)11(15-12)17-8-4-2-1-3-5-8/h6-8H,1-5H2. The second-order valence-electron chi connectivity index (χ2n) is 4.32. The van der Waals surface area contributed by atoms with Gasteiger partial charge in [-0.2, -0.15) is 0 Å². The topological polar surface area (TPSA) is 25.8 Å². The van der Waals surface area contributed by atoms with Gasteiger partial charge in [-0.25, -0.2) is 9.97 Å². The van der Waals surface area contributed by atoms with Gasteiger partial charge in [-0.05, 0) is 35.9 Å². The number of thioether (sulfide) groups is 1. The minimum atomic E-state index is 0.373. The molecular weight excluding hydrogens is 272 g/mol. The van der Waals surface area contributed by atoms with Crippen LogP contribution in [0.15, 0.2) is 16.5 Å². The van der Waals surface area contributed by atoms with Gasteiger partial charge in [0, 0.05) is 10.6 Å². The van der Waals surface area contributed by atoms with Crippen molar-refractivity contribution >= 4 is 44.9 Å². The van der Waals surface area contributed by atoms with Crippen molar-refractivity contribution in [2.24, 2.45) is 0 Å². The Balaban J connectivity index is 1.90. The van der Waals surface area contributed by atoms with Crippen LogP contribution in [0.25, 0.3) is 10.2 Å². The number of hydrogen-bond acceptors (Lipinski definition) is 4. The van der Waals surface area contributed by atoms with E-state index in [1.165, 1.54) is 32.1 Å². The maximum atomic E-state index is 5.97. The van der Waals surface area contributed by atoms with Crippen molar-refractivity contribution in [1.29, 1.82) is 0 Å². The summed E-state index contributed by atoms with van der Waals surface area (Å²) < 4.78 is 0. The molecule has 2 aromatic heterocycles. The minimum absolute atomic E-state index is 0.373. The minimum Gasteiger partial charge on any atom is -0.211 e. The third kappa shape index (κ3) is 2.59. The molecule has 0 amide bonds. The summed E-state index contributed by atoms with van der Waals surface area (Å²) in [6.45, 7) is 0. The van der Waals surface area contributed by atoms with Gasteiger partial charge in [0.1, 0.15) is 9.86 Å². The van der Waals surface area contributed by atoms with Crippen LogP contribution in [0.1, 0.15) is 32.1 Å². The molecule has 0 aromatic carbocycles. The molecule has 3 rings (SSSR count). The van der Waals surface area contributed by atoms with Crippen molar-refractivity contribution in [1.82, 2.24) is 9.97 Å². The lowest BCUT2D eigenvalue weighted by molar-refractivity contribution is 0.516. The molecule has 1 saturated carbocycles. The van der Waals surface area contributed by atoms with E-state index in [0.29, 0.717) is 10.5 Å². The summed E-state index contributed by atoms with van der Waals surface area (Å²) in [7, 11) is 0.